The Hall–Kier alpha value is -2.29. The predicted octanol–water partition coefficient (Wildman–Crippen LogP) is 4.12. The summed E-state index contributed by atoms with van der Waals surface area (Å²) in [6.07, 6.45) is 0. The zero-order valence-corrected chi connectivity index (χ0v) is 13.8. The number of amides is 1. The summed E-state index contributed by atoms with van der Waals surface area (Å²) >= 11 is 0. The van der Waals surface area contributed by atoms with Gasteiger partial charge in [-0.15, -0.1) is 0 Å². The fourth-order valence-electron chi connectivity index (χ4n) is 2.37. The maximum absolute atomic E-state index is 12.0. The lowest BCUT2D eigenvalue weighted by molar-refractivity contribution is -0.116. The minimum Gasteiger partial charge on any atom is -0.399 e. The molecule has 0 spiro atoms. The molecule has 0 saturated carbocycles. The van der Waals surface area contributed by atoms with Gasteiger partial charge in [-0.05, 0) is 34.7 Å². The van der Waals surface area contributed by atoms with Crippen molar-refractivity contribution in [1.82, 2.24) is 0 Å². The van der Waals surface area contributed by atoms with Gasteiger partial charge < -0.3 is 10.6 Å². The molecule has 0 aliphatic heterocycles. The summed E-state index contributed by atoms with van der Waals surface area (Å²) in [5, 5.41) is 0. The van der Waals surface area contributed by atoms with E-state index >= 15 is 0 Å². The molecule has 0 bridgehead atoms. The summed E-state index contributed by atoms with van der Waals surface area (Å²) in [5.41, 5.74) is 9.83. The Balaban J connectivity index is 2.24. The molecule has 0 unspecified atom stereocenters. The quantitative estimate of drug-likeness (QED) is 0.866. The third kappa shape index (κ3) is 3.88. The summed E-state index contributed by atoms with van der Waals surface area (Å²) in [7, 11) is 0. The molecule has 22 heavy (non-hydrogen) atoms. The van der Waals surface area contributed by atoms with Crippen LogP contribution in [0.25, 0.3) is 0 Å². The largest absolute Gasteiger partial charge is 0.399 e. The van der Waals surface area contributed by atoms with E-state index in [0.717, 1.165) is 11.3 Å². The zero-order valence-electron chi connectivity index (χ0n) is 13.8. The van der Waals surface area contributed by atoms with Crippen molar-refractivity contribution in [1.29, 1.82) is 0 Å². The number of hydrogen-bond acceptors (Lipinski definition) is 2. The molecule has 1 amide bonds. The number of anilines is 2. The molecule has 0 aromatic heterocycles. The van der Waals surface area contributed by atoms with E-state index in [9.17, 15) is 4.79 Å². The van der Waals surface area contributed by atoms with E-state index in [-0.39, 0.29) is 11.3 Å². The van der Waals surface area contributed by atoms with Crippen molar-refractivity contribution in [3.63, 3.8) is 0 Å². The Morgan fingerprint density at radius 2 is 1.73 bits per heavy atom. The highest BCUT2D eigenvalue weighted by atomic mass is 16.2. The molecule has 0 atom stereocenters. The first-order valence-electron chi connectivity index (χ1n) is 7.50. The van der Waals surface area contributed by atoms with Gasteiger partial charge in [0, 0.05) is 18.3 Å². The molecule has 2 N–H and O–H groups in total. The van der Waals surface area contributed by atoms with E-state index in [2.05, 4.69) is 45.0 Å². The van der Waals surface area contributed by atoms with Crippen molar-refractivity contribution in [2.75, 3.05) is 10.6 Å². The van der Waals surface area contributed by atoms with E-state index in [1.807, 2.05) is 24.3 Å². The van der Waals surface area contributed by atoms with Gasteiger partial charge in [0.25, 0.3) is 0 Å². The molecule has 2 rings (SSSR count). The number of benzene rings is 2. The topological polar surface area (TPSA) is 46.3 Å². The molecular weight excluding hydrogens is 272 g/mol. The molecule has 2 aromatic rings. The molecule has 2 aromatic carbocycles. The summed E-state index contributed by atoms with van der Waals surface area (Å²) in [5.74, 6) is 0.00509. The van der Waals surface area contributed by atoms with Crippen molar-refractivity contribution in [2.24, 2.45) is 0 Å². The maximum Gasteiger partial charge on any atom is 0.224 e. The van der Waals surface area contributed by atoms with Crippen LogP contribution in [-0.2, 0) is 16.8 Å². The Labute approximate surface area is 132 Å². The molecule has 0 aliphatic carbocycles. The minimum atomic E-state index is 0.00509. The number of carbonyl (C=O) groups excluding carboxylic acids is 1. The minimum absolute atomic E-state index is 0.00509. The van der Waals surface area contributed by atoms with Gasteiger partial charge in [0.1, 0.15) is 0 Å². The van der Waals surface area contributed by atoms with E-state index in [1.165, 1.54) is 5.56 Å². The van der Waals surface area contributed by atoms with Gasteiger partial charge in [-0.1, -0.05) is 51.1 Å². The van der Waals surface area contributed by atoms with Crippen LogP contribution in [0.1, 0.15) is 38.8 Å². The first kappa shape index (κ1) is 16.1. The highest BCUT2D eigenvalue weighted by Crippen LogP contribution is 2.24. The Morgan fingerprint density at radius 3 is 2.23 bits per heavy atom. The molecule has 116 valence electrons. The van der Waals surface area contributed by atoms with Gasteiger partial charge in [0.15, 0.2) is 0 Å². The third-order valence-corrected chi connectivity index (χ3v) is 3.72. The second kappa shape index (κ2) is 6.22. The summed E-state index contributed by atoms with van der Waals surface area (Å²) in [4.78, 5) is 13.7. The molecule has 0 saturated heterocycles. The van der Waals surface area contributed by atoms with Crippen LogP contribution in [0.3, 0.4) is 0 Å². The number of carbonyl (C=O) groups is 1. The zero-order chi connectivity index (χ0) is 16.3. The van der Waals surface area contributed by atoms with Crippen molar-refractivity contribution in [3.05, 3.63) is 59.7 Å². The van der Waals surface area contributed by atoms with Gasteiger partial charge in [-0.3, -0.25) is 4.79 Å². The van der Waals surface area contributed by atoms with Crippen LogP contribution in [0.15, 0.2) is 48.5 Å². The highest BCUT2D eigenvalue weighted by Gasteiger charge is 2.15. The number of nitrogens with two attached hydrogens (primary N) is 1. The third-order valence-electron chi connectivity index (χ3n) is 3.72. The van der Waals surface area contributed by atoms with Gasteiger partial charge in [0.05, 0.1) is 6.54 Å². The monoisotopic (exact) mass is 296 g/mol. The van der Waals surface area contributed by atoms with Gasteiger partial charge in [-0.2, -0.15) is 0 Å². The number of hydrogen-bond donors (Lipinski definition) is 1. The predicted molar refractivity (Wildman–Crippen MR) is 92.9 cm³/mol. The van der Waals surface area contributed by atoms with E-state index in [4.69, 9.17) is 5.73 Å². The van der Waals surface area contributed by atoms with Gasteiger partial charge in [0.2, 0.25) is 5.91 Å². The highest BCUT2D eigenvalue weighted by molar-refractivity contribution is 5.91. The van der Waals surface area contributed by atoms with Crippen molar-refractivity contribution in [2.45, 2.75) is 39.7 Å². The smallest absolute Gasteiger partial charge is 0.224 e. The Morgan fingerprint density at radius 1 is 1.09 bits per heavy atom. The van der Waals surface area contributed by atoms with E-state index in [1.54, 1.807) is 11.8 Å². The summed E-state index contributed by atoms with van der Waals surface area (Å²) in [6, 6.07) is 15.8. The molecule has 0 fully saturated rings. The van der Waals surface area contributed by atoms with Crippen LogP contribution in [0, 0.1) is 0 Å². The fourth-order valence-corrected chi connectivity index (χ4v) is 2.37. The lowest BCUT2D eigenvalue weighted by Gasteiger charge is -2.23. The van der Waals surface area contributed by atoms with Gasteiger partial charge >= 0.3 is 0 Å². The van der Waals surface area contributed by atoms with E-state index < -0.39 is 0 Å². The summed E-state index contributed by atoms with van der Waals surface area (Å²) < 4.78 is 0. The fraction of sp³-hybridized carbons (Fsp3) is 0.316. The number of nitrogens with zero attached hydrogens (tertiary/aromatic N) is 1. The van der Waals surface area contributed by atoms with Crippen molar-refractivity contribution >= 4 is 17.3 Å². The average Bonchev–Trinajstić information content (AvgIpc) is 2.44. The van der Waals surface area contributed by atoms with E-state index in [0.29, 0.717) is 12.2 Å². The SMILES string of the molecule is CC(=O)N(Cc1ccc(C(C)(C)C)cc1)c1cccc(N)c1. The Kier molecular flexibility index (Phi) is 4.55. The first-order valence-corrected chi connectivity index (χ1v) is 7.50. The summed E-state index contributed by atoms with van der Waals surface area (Å²) in [6.45, 7) is 8.69. The second-order valence-electron chi connectivity index (χ2n) is 6.65. The van der Waals surface area contributed by atoms with Crippen LogP contribution >= 0.6 is 0 Å². The first-order chi connectivity index (χ1) is 10.3. The standard InChI is InChI=1S/C19H24N2O/c1-14(22)21(18-7-5-6-17(20)12-18)13-15-8-10-16(11-9-15)19(2,3)4/h5-12H,13,20H2,1-4H3. The Bertz CT molecular complexity index is 654. The molecule has 0 heterocycles. The lowest BCUT2D eigenvalue weighted by atomic mass is 9.87. The number of rotatable bonds is 3. The molecule has 0 radical (unpaired) electrons. The van der Waals surface area contributed by atoms with Crippen molar-refractivity contribution < 1.29 is 4.79 Å². The molecular formula is C19H24N2O. The maximum atomic E-state index is 12.0. The molecule has 0 aliphatic rings. The van der Waals surface area contributed by atoms with Crippen LogP contribution in [-0.4, -0.2) is 5.91 Å². The van der Waals surface area contributed by atoms with Crippen LogP contribution < -0.4 is 10.6 Å². The second-order valence-corrected chi connectivity index (χ2v) is 6.65. The van der Waals surface area contributed by atoms with Gasteiger partial charge in [-0.25, -0.2) is 0 Å². The van der Waals surface area contributed by atoms with Crippen LogP contribution in [0.5, 0.6) is 0 Å². The average molecular weight is 296 g/mol. The normalized spacial score (nSPS) is 11.3. The number of nitrogen functional groups attached to an aromatic ring is 1. The van der Waals surface area contributed by atoms with Crippen LogP contribution in [0.4, 0.5) is 11.4 Å². The lowest BCUT2D eigenvalue weighted by Crippen LogP contribution is -2.27. The van der Waals surface area contributed by atoms with Crippen molar-refractivity contribution in [3.8, 4) is 0 Å². The molecule has 3 heteroatoms. The van der Waals surface area contributed by atoms with Crippen LogP contribution in [0.2, 0.25) is 0 Å². The molecule has 3 nitrogen and oxygen atoms in total.